The highest BCUT2D eigenvalue weighted by Crippen LogP contribution is 2.25. The molecule has 0 fully saturated rings. The van der Waals surface area contributed by atoms with Crippen molar-refractivity contribution < 1.29 is 4.74 Å². The lowest BCUT2D eigenvalue weighted by atomic mass is 10.5. The molecule has 0 unspecified atom stereocenters. The van der Waals surface area contributed by atoms with Crippen molar-refractivity contribution >= 4 is 22.7 Å². The van der Waals surface area contributed by atoms with E-state index in [9.17, 15) is 0 Å². The van der Waals surface area contributed by atoms with Crippen molar-refractivity contribution in [3.8, 4) is 10.1 Å². The zero-order chi connectivity index (χ0) is 13.2. The standard InChI is InChI=1S/C16H14OS2/c1-3-7-11-15(18-13-9-5-1)17-16-12-8-4-2-6-10-14-19-16/h1-14H. The zero-order valence-corrected chi connectivity index (χ0v) is 11.9. The Kier molecular flexibility index (Phi) is 5.93. The topological polar surface area (TPSA) is 9.23 Å². The van der Waals surface area contributed by atoms with E-state index in [2.05, 4.69) is 0 Å². The highest BCUT2D eigenvalue weighted by Gasteiger charge is 1.92. The maximum Gasteiger partial charge on any atom is 0.182 e. The van der Waals surface area contributed by atoms with Crippen molar-refractivity contribution in [2.45, 2.75) is 0 Å². The maximum atomic E-state index is 5.90. The number of hydrogen-bond donors (Lipinski definition) is 0. The third-order valence-electron chi connectivity index (χ3n) is 2.08. The van der Waals surface area contributed by atoms with E-state index in [-0.39, 0.29) is 0 Å². The lowest BCUT2D eigenvalue weighted by molar-refractivity contribution is 0.510. The second kappa shape index (κ2) is 8.29. The first-order chi connectivity index (χ1) is 9.45. The summed E-state index contributed by atoms with van der Waals surface area (Å²) in [5.74, 6) is 0. The smallest absolute Gasteiger partial charge is 0.182 e. The minimum Gasteiger partial charge on any atom is -0.436 e. The summed E-state index contributed by atoms with van der Waals surface area (Å²) in [5, 5.41) is 5.71. The SMILES string of the molecule is c1cccsc(Oc2cccccccs2)ccc1. The van der Waals surface area contributed by atoms with Crippen LogP contribution in [0.5, 0.6) is 10.1 Å². The van der Waals surface area contributed by atoms with Gasteiger partial charge in [-0.3, -0.25) is 0 Å². The minimum atomic E-state index is 0.851. The van der Waals surface area contributed by atoms with Crippen LogP contribution in [0.15, 0.2) is 83.6 Å². The van der Waals surface area contributed by atoms with Gasteiger partial charge >= 0.3 is 0 Å². The molecule has 0 spiro atoms. The molecule has 0 aliphatic carbocycles. The first-order valence-electron chi connectivity index (χ1n) is 5.87. The van der Waals surface area contributed by atoms with Crippen LogP contribution in [-0.2, 0) is 0 Å². The summed E-state index contributed by atoms with van der Waals surface area (Å²) < 4.78 is 5.90. The molecule has 2 aromatic heterocycles. The quantitative estimate of drug-likeness (QED) is 0.672. The van der Waals surface area contributed by atoms with Gasteiger partial charge in [0.2, 0.25) is 0 Å². The number of ether oxygens (including phenoxy) is 1. The number of hydrogen-bond acceptors (Lipinski definition) is 3. The Morgan fingerprint density at radius 2 is 0.947 bits per heavy atom. The first-order valence-corrected chi connectivity index (χ1v) is 7.62. The molecule has 0 saturated carbocycles. The van der Waals surface area contributed by atoms with Crippen molar-refractivity contribution in [3.63, 3.8) is 0 Å². The van der Waals surface area contributed by atoms with Gasteiger partial charge in [-0.15, -0.1) is 22.7 Å². The van der Waals surface area contributed by atoms with Crippen LogP contribution in [0.3, 0.4) is 0 Å². The Bertz CT molecular complexity index is 497. The minimum absolute atomic E-state index is 0.851. The normalized spacial score (nSPS) is 9.05. The highest BCUT2D eigenvalue weighted by molar-refractivity contribution is 7.12. The average Bonchev–Trinajstić information content (AvgIpc) is 2.62. The van der Waals surface area contributed by atoms with Crippen LogP contribution in [0.4, 0.5) is 0 Å². The molecular weight excluding hydrogens is 272 g/mol. The molecule has 0 N–H and O–H groups in total. The van der Waals surface area contributed by atoms with Gasteiger partial charge in [0.25, 0.3) is 0 Å². The van der Waals surface area contributed by atoms with Crippen molar-refractivity contribution in [1.29, 1.82) is 0 Å². The first kappa shape index (κ1) is 13.6. The van der Waals surface area contributed by atoms with E-state index in [4.69, 9.17) is 4.74 Å². The lowest BCUT2D eigenvalue weighted by Crippen LogP contribution is -1.75. The fourth-order valence-corrected chi connectivity index (χ4v) is 2.50. The summed E-state index contributed by atoms with van der Waals surface area (Å²) in [5.41, 5.74) is 0. The Hall–Kier alpha value is -1.84. The predicted octanol–water partition coefficient (Wildman–Crippen LogP) is 5.85. The second-order valence-electron chi connectivity index (χ2n) is 3.51. The molecule has 2 rings (SSSR count). The molecule has 0 saturated heterocycles. The Balaban J connectivity index is 2.32. The van der Waals surface area contributed by atoms with Gasteiger partial charge in [-0.1, -0.05) is 60.7 Å². The highest BCUT2D eigenvalue weighted by atomic mass is 32.1. The van der Waals surface area contributed by atoms with Crippen LogP contribution in [0.2, 0.25) is 0 Å². The van der Waals surface area contributed by atoms with E-state index < -0.39 is 0 Å². The van der Waals surface area contributed by atoms with Crippen LogP contribution in [0.1, 0.15) is 0 Å². The molecule has 0 aliphatic rings. The fraction of sp³-hybridized carbons (Fsp3) is 0. The van der Waals surface area contributed by atoms with Gasteiger partial charge in [0.15, 0.2) is 10.1 Å². The molecule has 3 heteroatoms. The largest absolute Gasteiger partial charge is 0.436 e. The van der Waals surface area contributed by atoms with E-state index in [1.165, 1.54) is 0 Å². The van der Waals surface area contributed by atoms with Gasteiger partial charge in [0.1, 0.15) is 0 Å². The molecule has 2 heterocycles. The van der Waals surface area contributed by atoms with Crippen molar-refractivity contribution in [3.05, 3.63) is 83.6 Å². The monoisotopic (exact) mass is 286 g/mol. The summed E-state index contributed by atoms with van der Waals surface area (Å²) in [4.78, 5) is 0. The summed E-state index contributed by atoms with van der Waals surface area (Å²) in [6.45, 7) is 0. The molecule has 0 atom stereocenters. The maximum absolute atomic E-state index is 5.90. The molecule has 0 radical (unpaired) electrons. The average molecular weight is 286 g/mol. The molecule has 0 bridgehead atoms. The van der Waals surface area contributed by atoms with Crippen molar-refractivity contribution in [1.82, 2.24) is 0 Å². The lowest BCUT2D eigenvalue weighted by Gasteiger charge is -1.99. The fourth-order valence-electron chi connectivity index (χ4n) is 1.25. The van der Waals surface area contributed by atoms with Crippen LogP contribution in [-0.4, -0.2) is 0 Å². The third-order valence-corrected chi connectivity index (χ3v) is 3.57. The molecule has 1 nitrogen and oxygen atoms in total. The van der Waals surface area contributed by atoms with Gasteiger partial charge in [-0.05, 0) is 22.9 Å². The Labute approximate surface area is 121 Å². The molecule has 0 amide bonds. The van der Waals surface area contributed by atoms with E-state index in [1.807, 2.05) is 83.6 Å². The zero-order valence-electron chi connectivity index (χ0n) is 10.3. The third kappa shape index (κ3) is 5.55. The predicted molar refractivity (Wildman–Crippen MR) is 84.0 cm³/mol. The van der Waals surface area contributed by atoms with Crippen LogP contribution >= 0.6 is 22.7 Å². The van der Waals surface area contributed by atoms with Gasteiger partial charge < -0.3 is 4.74 Å². The van der Waals surface area contributed by atoms with Crippen molar-refractivity contribution in [2.24, 2.45) is 0 Å². The second-order valence-corrected chi connectivity index (χ2v) is 5.33. The molecular formula is C16H14OS2. The van der Waals surface area contributed by atoms with Crippen molar-refractivity contribution in [2.75, 3.05) is 0 Å². The number of rotatable bonds is 2. The van der Waals surface area contributed by atoms with Gasteiger partial charge in [0.05, 0.1) is 0 Å². The Morgan fingerprint density at radius 1 is 0.526 bits per heavy atom. The summed E-state index contributed by atoms with van der Waals surface area (Å²) >= 11 is 3.12. The Morgan fingerprint density at radius 3 is 1.47 bits per heavy atom. The summed E-state index contributed by atoms with van der Waals surface area (Å²) in [7, 11) is 0. The molecule has 2 aromatic rings. The van der Waals surface area contributed by atoms with Gasteiger partial charge in [0, 0.05) is 0 Å². The molecule has 0 aromatic carbocycles. The summed E-state index contributed by atoms with van der Waals surface area (Å²) in [6.07, 6.45) is 0. The molecule has 0 aliphatic heterocycles. The van der Waals surface area contributed by atoms with E-state index in [1.54, 1.807) is 22.7 Å². The van der Waals surface area contributed by atoms with Crippen LogP contribution in [0, 0.1) is 0 Å². The van der Waals surface area contributed by atoms with Crippen LogP contribution in [0.25, 0.3) is 0 Å². The van der Waals surface area contributed by atoms with E-state index >= 15 is 0 Å². The molecule has 96 valence electrons. The molecule has 19 heavy (non-hydrogen) atoms. The summed E-state index contributed by atoms with van der Waals surface area (Å²) in [6, 6.07) is 23.8. The van der Waals surface area contributed by atoms with E-state index in [0.717, 1.165) is 10.1 Å². The van der Waals surface area contributed by atoms with Crippen LogP contribution < -0.4 is 4.74 Å². The van der Waals surface area contributed by atoms with E-state index in [0.29, 0.717) is 0 Å². The van der Waals surface area contributed by atoms with Gasteiger partial charge in [-0.25, -0.2) is 0 Å². The van der Waals surface area contributed by atoms with Gasteiger partial charge in [-0.2, -0.15) is 0 Å².